The van der Waals surface area contributed by atoms with E-state index in [9.17, 15) is 9.59 Å². The van der Waals surface area contributed by atoms with E-state index in [1.807, 2.05) is 17.5 Å². The summed E-state index contributed by atoms with van der Waals surface area (Å²) in [7, 11) is 0. The first-order valence-corrected chi connectivity index (χ1v) is 5.75. The fourth-order valence-corrected chi connectivity index (χ4v) is 2.57. The van der Waals surface area contributed by atoms with Gasteiger partial charge < -0.3 is 0 Å². The Labute approximate surface area is 86.9 Å². The van der Waals surface area contributed by atoms with E-state index in [1.54, 1.807) is 0 Å². The van der Waals surface area contributed by atoms with Crippen LogP contribution in [0.3, 0.4) is 0 Å². The van der Waals surface area contributed by atoms with Crippen LogP contribution < -0.4 is 0 Å². The van der Waals surface area contributed by atoms with E-state index in [4.69, 9.17) is 0 Å². The van der Waals surface area contributed by atoms with Crippen molar-refractivity contribution < 1.29 is 9.59 Å². The fraction of sp³-hybridized carbons (Fsp3) is 0.455. The van der Waals surface area contributed by atoms with E-state index in [0.29, 0.717) is 18.6 Å². The Balaban J connectivity index is 2.03. The number of Topliss-reactive ketones (excluding diaryl/α,β-unsaturated/α-hetero) is 2. The van der Waals surface area contributed by atoms with Crippen LogP contribution in [0.15, 0.2) is 17.5 Å². The van der Waals surface area contributed by atoms with Gasteiger partial charge in [0.1, 0.15) is 5.78 Å². The monoisotopic (exact) mass is 208 g/mol. The third-order valence-electron chi connectivity index (χ3n) is 2.68. The molecule has 1 saturated carbocycles. The number of ketones is 2. The van der Waals surface area contributed by atoms with Gasteiger partial charge >= 0.3 is 0 Å². The maximum absolute atomic E-state index is 11.9. The number of hydrogen-bond donors (Lipinski definition) is 0. The molecule has 74 valence electrons. The molecule has 2 rings (SSSR count). The lowest BCUT2D eigenvalue weighted by atomic mass is 9.85. The van der Waals surface area contributed by atoms with Crippen molar-refractivity contribution in [3.8, 4) is 0 Å². The molecule has 0 unspecified atom stereocenters. The van der Waals surface area contributed by atoms with Gasteiger partial charge in [-0.2, -0.15) is 0 Å². The molecule has 0 saturated heterocycles. The molecule has 0 spiro atoms. The first-order valence-electron chi connectivity index (χ1n) is 4.87. The van der Waals surface area contributed by atoms with Crippen LogP contribution in [0, 0.1) is 5.92 Å². The molecule has 1 heterocycles. The summed E-state index contributed by atoms with van der Waals surface area (Å²) in [5.41, 5.74) is 0. The van der Waals surface area contributed by atoms with Gasteiger partial charge in [-0.1, -0.05) is 6.07 Å². The minimum atomic E-state index is 0.0892. The highest BCUT2D eigenvalue weighted by atomic mass is 32.1. The molecular weight excluding hydrogens is 196 g/mol. The summed E-state index contributed by atoms with van der Waals surface area (Å²) in [6.45, 7) is 0. The lowest BCUT2D eigenvalue weighted by Crippen LogP contribution is -2.21. The van der Waals surface area contributed by atoms with Crippen LogP contribution in [0.5, 0.6) is 0 Å². The Bertz CT molecular complexity index is 330. The van der Waals surface area contributed by atoms with Crippen LogP contribution in [0.1, 0.15) is 35.4 Å². The molecule has 0 amide bonds. The van der Waals surface area contributed by atoms with Crippen molar-refractivity contribution in [3.63, 3.8) is 0 Å². The fourth-order valence-electron chi connectivity index (χ4n) is 1.82. The molecule has 0 N–H and O–H groups in total. The van der Waals surface area contributed by atoms with Crippen LogP contribution >= 0.6 is 11.3 Å². The SMILES string of the molecule is O=C1CCC(C(=O)c2cccs2)CC1. The summed E-state index contributed by atoms with van der Waals surface area (Å²) < 4.78 is 0. The number of hydrogen-bond acceptors (Lipinski definition) is 3. The van der Waals surface area contributed by atoms with E-state index < -0.39 is 0 Å². The molecule has 14 heavy (non-hydrogen) atoms. The predicted octanol–water partition coefficient (Wildman–Crippen LogP) is 2.69. The van der Waals surface area contributed by atoms with Crippen LogP contribution in [-0.4, -0.2) is 11.6 Å². The number of thiophene rings is 1. The molecule has 1 aliphatic carbocycles. The van der Waals surface area contributed by atoms with Gasteiger partial charge in [0.25, 0.3) is 0 Å². The second-order valence-corrected chi connectivity index (χ2v) is 4.60. The average molecular weight is 208 g/mol. The number of carbonyl (C=O) groups is 2. The second-order valence-electron chi connectivity index (χ2n) is 3.65. The standard InChI is InChI=1S/C11H12O2S/c12-9-5-3-8(4-6-9)11(13)10-2-1-7-14-10/h1-2,7-8H,3-6H2. The Hall–Kier alpha value is -0.960. The predicted molar refractivity (Wildman–Crippen MR) is 55.6 cm³/mol. The molecule has 0 radical (unpaired) electrons. The van der Waals surface area contributed by atoms with Gasteiger partial charge in [0.15, 0.2) is 5.78 Å². The summed E-state index contributed by atoms with van der Waals surface area (Å²) in [6.07, 6.45) is 2.66. The Kier molecular flexibility index (Phi) is 2.77. The summed E-state index contributed by atoms with van der Waals surface area (Å²) in [4.78, 5) is 23.7. The molecule has 1 aromatic rings. The minimum absolute atomic E-state index is 0.0892. The van der Waals surface area contributed by atoms with Crippen molar-refractivity contribution >= 4 is 22.9 Å². The van der Waals surface area contributed by atoms with E-state index in [1.165, 1.54) is 11.3 Å². The van der Waals surface area contributed by atoms with E-state index in [0.717, 1.165) is 17.7 Å². The Morgan fingerprint density at radius 3 is 2.64 bits per heavy atom. The average Bonchev–Trinajstić information content (AvgIpc) is 2.71. The van der Waals surface area contributed by atoms with Crippen LogP contribution in [-0.2, 0) is 4.79 Å². The van der Waals surface area contributed by atoms with Crippen molar-refractivity contribution in [1.82, 2.24) is 0 Å². The molecule has 1 fully saturated rings. The van der Waals surface area contributed by atoms with E-state index in [2.05, 4.69) is 0 Å². The topological polar surface area (TPSA) is 34.1 Å². The molecule has 1 aliphatic rings. The molecule has 0 aliphatic heterocycles. The van der Waals surface area contributed by atoms with Gasteiger partial charge in [-0.25, -0.2) is 0 Å². The lowest BCUT2D eigenvalue weighted by Gasteiger charge is -2.18. The molecule has 1 aromatic heterocycles. The first-order chi connectivity index (χ1) is 6.77. The van der Waals surface area contributed by atoms with Crippen LogP contribution in [0.25, 0.3) is 0 Å². The van der Waals surface area contributed by atoms with Crippen molar-refractivity contribution in [3.05, 3.63) is 22.4 Å². The van der Waals surface area contributed by atoms with Crippen LogP contribution in [0.4, 0.5) is 0 Å². The summed E-state index contributed by atoms with van der Waals surface area (Å²) in [5, 5.41) is 1.92. The first kappa shape index (κ1) is 9.59. The molecular formula is C11H12O2S. The number of rotatable bonds is 2. The molecule has 3 heteroatoms. The smallest absolute Gasteiger partial charge is 0.175 e. The largest absolute Gasteiger partial charge is 0.300 e. The van der Waals surface area contributed by atoms with Crippen molar-refractivity contribution in [2.75, 3.05) is 0 Å². The van der Waals surface area contributed by atoms with E-state index in [-0.39, 0.29) is 11.7 Å². The third-order valence-corrected chi connectivity index (χ3v) is 3.56. The molecule has 0 bridgehead atoms. The molecule has 0 atom stereocenters. The Morgan fingerprint density at radius 1 is 1.36 bits per heavy atom. The summed E-state index contributed by atoms with van der Waals surface area (Å²) in [6, 6.07) is 3.76. The highest BCUT2D eigenvalue weighted by Crippen LogP contribution is 2.26. The van der Waals surface area contributed by atoms with Gasteiger partial charge in [-0.3, -0.25) is 9.59 Å². The van der Waals surface area contributed by atoms with Gasteiger partial charge in [0.05, 0.1) is 4.88 Å². The highest BCUT2D eigenvalue weighted by Gasteiger charge is 2.25. The third kappa shape index (κ3) is 1.93. The number of carbonyl (C=O) groups excluding carboxylic acids is 2. The van der Waals surface area contributed by atoms with Gasteiger partial charge in [0, 0.05) is 18.8 Å². The molecule has 0 aromatic carbocycles. The summed E-state index contributed by atoms with van der Waals surface area (Å²) >= 11 is 1.49. The maximum atomic E-state index is 11.9. The minimum Gasteiger partial charge on any atom is -0.300 e. The quantitative estimate of drug-likeness (QED) is 0.700. The van der Waals surface area contributed by atoms with Crippen molar-refractivity contribution in [2.45, 2.75) is 25.7 Å². The zero-order valence-electron chi connectivity index (χ0n) is 7.86. The highest BCUT2D eigenvalue weighted by molar-refractivity contribution is 7.12. The van der Waals surface area contributed by atoms with Crippen LogP contribution in [0.2, 0.25) is 0 Å². The normalized spacial score (nSPS) is 18.4. The van der Waals surface area contributed by atoms with E-state index >= 15 is 0 Å². The zero-order chi connectivity index (χ0) is 9.97. The van der Waals surface area contributed by atoms with Gasteiger partial charge in [-0.05, 0) is 24.3 Å². The summed E-state index contributed by atoms with van der Waals surface area (Å²) in [5.74, 6) is 0.624. The lowest BCUT2D eigenvalue weighted by molar-refractivity contribution is -0.120. The van der Waals surface area contributed by atoms with Gasteiger partial charge in [0.2, 0.25) is 0 Å². The van der Waals surface area contributed by atoms with Crippen molar-refractivity contribution in [1.29, 1.82) is 0 Å². The second kappa shape index (κ2) is 4.05. The maximum Gasteiger partial charge on any atom is 0.175 e. The van der Waals surface area contributed by atoms with Gasteiger partial charge in [-0.15, -0.1) is 11.3 Å². The van der Waals surface area contributed by atoms with Crippen molar-refractivity contribution in [2.24, 2.45) is 5.92 Å². The Morgan fingerprint density at radius 2 is 2.07 bits per heavy atom. The zero-order valence-corrected chi connectivity index (χ0v) is 8.68. The molecule has 2 nitrogen and oxygen atoms in total.